The number of carbonyl (C=O) groups excluding carboxylic acids is 2. The molecule has 1 saturated carbocycles. The van der Waals surface area contributed by atoms with Crippen LogP contribution in [0.25, 0.3) is 0 Å². The molecule has 0 unspecified atom stereocenters. The molecule has 1 aromatic rings. The Hall–Kier alpha value is -2.17. The molecule has 9 nitrogen and oxygen atoms in total. The molecule has 0 radical (unpaired) electrons. The molecule has 1 aromatic carbocycles. The number of hydrogen-bond donors (Lipinski definition) is 1. The summed E-state index contributed by atoms with van der Waals surface area (Å²) in [6.45, 7) is 3.89. The molecule has 0 aromatic heterocycles. The maximum absolute atomic E-state index is 13.0. The van der Waals surface area contributed by atoms with Gasteiger partial charge in [-0.3, -0.25) is 9.69 Å². The second-order valence-corrected chi connectivity index (χ2v) is 10.7. The Kier molecular flexibility index (Phi) is 5.97. The fraction of sp³-hybridized carbons (Fsp3) is 0.619. The Labute approximate surface area is 183 Å². The molecule has 31 heavy (non-hydrogen) atoms. The fourth-order valence-corrected chi connectivity index (χ4v) is 6.03. The summed E-state index contributed by atoms with van der Waals surface area (Å²) in [5.41, 5.74) is -0.747. The first-order valence-electron chi connectivity index (χ1n) is 10.8. The zero-order valence-electron chi connectivity index (χ0n) is 18.0. The Morgan fingerprint density at radius 2 is 1.68 bits per heavy atom. The van der Waals surface area contributed by atoms with E-state index in [4.69, 9.17) is 4.74 Å². The molecule has 0 atom stereocenters. The van der Waals surface area contributed by atoms with E-state index >= 15 is 0 Å². The molecule has 170 valence electrons. The second kappa shape index (κ2) is 8.40. The van der Waals surface area contributed by atoms with Crippen LogP contribution < -0.4 is 10.1 Å². The lowest BCUT2D eigenvalue weighted by molar-refractivity contribution is -0.134. The predicted octanol–water partition coefficient (Wildman–Crippen LogP) is 1.46. The first kappa shape index (κ1) is 22.0. The van der Waals surface area contributed by atoms with E-state index in [1.54, 1.807) is 12.1 Å². The van der Waals surface area contributed by atoms with Crippen molar-refractivity contribution >= 4 is 22.0 Å². The number of amides is 3. The van der Waals surface area contributed by atoms with Crippen LogP contribution in [0.5, 0.6) is 5.75 Å². The number of carbonyl (C=O) groups is 2. The quantitative estimate of drug-likeness (QED) is 0.682. The van der Waals surface area contributed by atoms with E-state index in [9.17, 15) is 18.0 Å². The summed E-state index contributed by atoms with van der Waals surface area (Å²) in [5, 5.41) is 2.94. The lowest BCUT2D eigenvalue weighted by Crippen LogP contribution is -2.53. The Bertz CT molecular complexity index is 933. The monoisotopic (exact) mass is 450 g/mol. The smallest absolute Gasteiger partial charge is 0.326 e. The van der Waals surface area contributed by atoms with Gasteiger partial charge in [0.05, 0.1) is 18.7 Å². The van der Waals surface area contributed by atoms with E-state index < -0.39 is 15.6 Å². The molecule has 1 aliphatic carbocycles. The van der Waals surface area contributed by atoms with Gasteiger partial charge in [-0.05, 0) is 55.9 Å². The van der Waals surface area contributed by atoms with E-state index in [2.05, 4.69) is 12.2 Å². The van der Waals surface area contributed by atoms with Crippen LogP contribution in [0.4, 0.5) is 4.79 Å². The van der Waals surface area contributed by atoms with Gasteiger partial charge >= 0.3 is 6.03 Å². The van der Waals surface area contributed by atoms with Crippen molar-refractivity contribution in [1.82, 2.24) is 19.4 Å². The zero-order valence-corrected chi connectivity index (χ0v) is 18.9. The van der Waals surface area contributed by atoms with Gasteiger partial charge in [-0.15, -0.1) is 0 Å². The molecule has 0 bridgehead atoms. The minimum absolute atomic E-state index is 0.141. The number of rotatable bonds is 5. The molecular weight excluding hydrogens is 420 g/mol. The number of piperazine rings is 1. The minimum Gasteiger partial charge on any atom is -0.497 e. The molecule has 1 spiro atoms. The van der Waals surface area contributed by atoms with E-state index in [0.717, 1.165) is 12.8 Å². The largest absolute Gasteiger partial charge is 0.497 e. The van der Waals surface area contributed by atoms with Crippen molar-refractivity contribution in [2.45, 2.75) is 43.0 Å². The maximum atomic E-state index is 13.0. The lowest BCUT2D eigenvalue weighted by atomic mass is 9.77. The molecule has 4 rings (SSSR count). The second-order valence-electron chi connectivity index (χ2n) is 8.77. The summed E-state index contributed by atoms with van der Waals surface area (Å²) >= 11 is 0. The highest BCUT2D eigenvalue weighted by molar-refractivity contribution is 7.89. The van der Waals surface area contributed by atoms with E-state index in [1.165, 1.54) is 28.4 Å². The van der Waals surface area contributed by atoms with Crippen LogP contribution in [0.15, 0.2) is 29.2 Å². The Balaban J connectivity index is 1.36. The maximum Gasteiger partial charge on any atom is 0.326 e. The van der Waals surface area contributed by atoms with Crippen LogP contribution in [-0.2, 0) is 14.8 Å². The molecule has 2 heterocycles. The molecule has 3 amide bonds. The summed E-state index contributed by atoms with van der Waals surface area (Å²) < 4.78 is 32.4. The SMILES string of the molecule is COc1ccc(S(=O)(=O)N2CCN(CN3C(=O)NC4(CCC(C)CC4)C3=O)CC2)cc1. The van der Waals surface area contributed by atoms with Crippen molar-refractivity contribution < 1.29 is 22.7 Å². The standard InChI is InChI=1S/C21H30N4O5S/c1-16-7-9-21(10-8-16)19(26)25(20(27)22-21)15-23-11-13-24(14-12-23)31(28,29)18-5-3-17(30-2)4-6-18/h3-6,16H,7-15H2,1-2H3,(H,22,27). The average molecular weight is 451 g/mol. The van der Waals surface area contributed by atoms with Crippen LogP contribution in [0.3, 0.4) is 0 Å². The Morgan fingerprint density at radius 1 is 1.06 bits per heavy atom. The summed E-state index contributed by atoms with van der Waals surface area (Å²) in [5.74, 6) is 1.03. The summed E-state index contributed by atoms with van der Waals surface area (Å²) in [7, 11) is -2.06. The fourth-order valence-electron chi connectivity index (χ4n) is 4.61. The molecule has 2 aliphatic heterocycles. The highest BCUT2D eigenvalue weighted by atomic mass is 32.2. The van der Waals surface area contributed by atoms with Crippen molar-refractivity contribution in [2.75, 3.05) is 40.0 Å². The molecule has 10 heteroatoms. The zero-order chi connectivity index (χ0) is 22.2. The van der Waals surface area contributed by atoms with Gasteiger partial charge in [-0.25, -0.2) is 18.1 Å². The van der Waals surface area contributed by atoms with Crippen LogP contribution >= 0.6 is 0 Å². The molecular formula is C21H30N4O5S. The normalized spacial score (nSPS) is 28.2. The van der Waals surface area contributed by atoms with Crippen LogP contribution in [0.1, 0.15) is 32.6 Å². The molecule has 2 saturated heterocycles. The van der Waals surface area contributed by atoms with Gasteiger partial charge in [0.2, 0.25) is 10.0 Å². The third-order valence-electron chi connectivity index (χ3n) is 6.74. The third kappa shape index (κ3) is 4.16. The first-order valence-corrected chi connectivity index (χ1v) is 12.2. The van der Waals surface area contributed by atoms with Gasteiger partial charge in [0.1, 0.15) is 11.3 Å². The summed E-state index contributed by atoms with van der Waals surface area (Å²) in [6, 6.07) is 6.00. The summed E-state index contributed by atoms with van der Waals surface area (Å²) in [6.07, 6.45) is 3.23. The van der Waals surface area contributed by atoms with Gasteiger partial charge in [-0.2, -0.15) is 4.31 Å². The van der Waals surface area contributed by atoms with Gasteiger partial charge in [0.15, 0.2) is 0 Å². The highest BCUT2D eigenvalue weighted by Gasteiger charge is 2.52. The van der Waals surface area contributed by atoms with Crippen molar-refractivity contribution in [3.05, 3.63) is 24.3 Å². The number of urea groups is 1. The van der Waals surface area contributed by atoms with Crippen molar-refractivity contribution in [2.24, 2.45) is 5.92 Å². The number of ether oxygens (including phenoxy) is 1. The van der Waals surface area contributed by atoms with Gasteiger partial charge < -0.3 is 10.1 Å². The highest BCUT2D eigenvalue weighted by Crippen LogP contribution is 2.36. The van der Waals surface area contributed by atoms with Gasteiger partial charge in [-0.1, -0.05) is 6.92 Å². The number of sulfonamides is 1. The minimum atomic E-state index is -3.60. The van der Waals surface area contributed by atoms with Crippen molar-refractivity contribution in [1.29, 1.82) is 0 Å². The number of nitrogens with zero attached hydrogens (tertiary/aromatic N) is 3. The predicted molar refractivity (Wildman–Crippen MR) is 114 cm³/mol. The molecule has 1 N–H and O–H groups in total. The topological polar surface area (TPSA) is 99.3 Å². The van der Waals surface area contributed by atoms with Gasteiger partial charge in [0.25, 0.3) is 5.91 Å². The van der Waals surface area contributed by atoms with Crippen LogP contribution in [0.2, 0.25) is 0 Å². The first-order chi connectivity index (χ1) is 14.7. The molecule has 3 fully saturated rings. The number of imide groups is 1. The van der Waals surface area contributed by atoms with E-state index in [0.29, 0.717) is 50.7 Å². The van der Waals surface area contributed by atoms with E-state index in [1.807, 2.05) is 4.90 Å². The third-order valence-corrected chi connectivity index (χ3v) is 8.66. The summed E-state index contributed by atoms with van der Waals surface area (Å²) in [4.78, 5) is 29.0. The molecule has 3 aliphatic rings. The number of hydrogen-bond acceptors (Lipinski definition) is 6. The number of methoxy groups -OCH3 is 1. The van der Waals surface area contributed by atoms with E-state index in [-0.39, 0.29) is 23.5 Å². The average Bonchev–Trinajstić information content (AvgIpc) is 3.00. The Morgan fingerprint density at radius 3 is 2.26 bits per heavy atom. The van der Waals surface area contributed by atoms with Crippen molar-refractivity contribution in [3.63, 3.8) is 0 Å². The van der Waals surface area contributed by atoms with Crippen LogP contribution in [0, 0.1) is 5.92 Å². The number of benzene rings is 1. The van der Waals surface area contributed by atoms with Crippen molar-refractivity contribution in [3.8, 4) is 5.75 Å². The number of nitrogens with one attached hydrogen (secondary N) is 1. The van der Waals surface area contributed by atoms with Crippen LogP contribution in [-0.4, -0.2) is 80.0 Å². The lowest BCUT2D eigenvalue weighted by Gasteiger charge is -2.36. The van der Waals surface area contributed by atoms with Gasteiger partial charge in [0, 0.05) is 26.2 Å².